The van der Waals surface area contributed by atoms with Gasteiger partial charge in [0.25, 0.3) is 5.92 Å². The van der Waals surface area contributed by atoms with Gasteiger partial charge in [0.05, 0.1) is 11.8 Å². The second kappa shape index (κ2) is 6.50. The average molecular weight is 319 g/mol. The molecule has 1 rings (SSSR count). The molecular formula is C16H27F2NO3. The van der Waals surface area contributed by atoms with Gasteiger partial charge < -0.3 is 10.0 Å². The number of carbonyl (C=O) groups is 2. The van der Waals surface area contributed by atoms with Crippen LogP contribution in [0.15, 0.2) is 0 Å². The van der Waals surface area contributed by atoms with Gasteiger partial charge in [-0.1, -0.05) is 34.6 Å². The minimum atomic E-state index is -2.79. The Morgan fingerprint density at radius 3 is 2.09 bits per heavy atom. The molecular weight excluding hydrogens is 292 g/mol. The van der Waals surface area contributed by atoms with Gasteiger partial charge in [0.1, 0.15) is 0 Å². The second-order valence-corrected chi connectivity index (χ2v) is 7.42. The van der Waals surface area contributed by atoms with E-state index in [1.165, 1.54) is 18.7 Å². The molecule has 3 atom stereocenters. The molecule has 1 aliphatic rings. The van der Waals surface area contributed by atoms with E-state index < -0.39 is 29.1 Å². The third kappa shape index (κ3) is 3.96. The number of hydrogen-bond acceptors (Lipinski definition) is 2. The largest absolute Gasteiger partial charge is 0.481 e. The molecule has 0 saturated carbocycles. The Morgan fingerprint density at radius 1 is 1.27 bits per heavy atom. The van der Waals surface area contributed by atoms with Crippen molar-refractivity contribution >= 4 is 11.9 Å². The summed E-state index contributed by atoms with van der Waals surface area (Å²) in [5.41, 5.74) is -1.05. The summed E-state index contributed by atoms with van der Waals surface area (Å²) in [5.74, 6) is -5.85. The molecule has 1 saturated heterocycles. The number of amides is 1. The Hall–Kier alpha value is -1.20. The standard InChI is InChI=1S/C16H27F2NO3/c1-10(2)6-15(5,7-13(20)21)14(22)19-8-11(3)16(17,18)12(4)9-19/h10-12H,6-9H2,1-5H3,(H,20,21). The molecule has 0 bridgehead atoms. The fourth-order valence-corrected chi connectivity index (χ4v) is 3.48. The molecule has 6 heteroatoms. The number of carbonyl (C=O) groups excluding carboxylic acids is 1. The van der Waals surface area contributed by atoms with E-state index in [-0.39, 0.29) is 31.3 Å². The lowest BCUT2D eigenvalue weighted by molar-refractivity contribution is -0.168. The highest BCUT2D eigenvalue weighted by Crippen LogP contribution is 2.40. The first-order valence-electron chi connectivity index (χ1n) is 7.79. The van der Waals surface area contributed by atoms with Crippen LogP contribution in [0.5, 0.6) is 0 Å². The number of rotatable bonds is 5. The van der Waals surface area contributed by atoms with E-state index >= 15 is 0 Å². The summed E-state index contributed by atoms with van der Waals surface area (Å²) in [6.07, 6.45) is 0.146. The third-order valence-electron chi connectivity index (χ3n) is 4.51. The van der Waals surface area contributed by atoms with Crippen LogP contribution in [0.25, 0.3) is 0 Å². The van der Waals surface area contributed by atoms with Crippen LogP contribution in [0.3, 0.4) is 0 Å². The van der Waals surface area contributed by atoms with E-state index in [0.717, 1.165) is 0 Å². The van der Waals surface area contributed by atoms with Gasteiger partial charge in [-0.3, -0.25) is 9.59 Å². The first kappa shape index (κ1) is 18.8. The zero-order valence-corrected chi connectivity index (χ0v) is 14.0. The van der Waals surface area contributed by atoms with Gasteiger partial charge in [-0.15, -0.1) is 0 Å². The number of likely N-dealkylation sites (tertiary alicyclic amines) is 1. The fraction of sp³-hybridized carbons (Fsp3) is 0.875. The van der Waals surface area contributed by atoms with Crippen molar-refractivity contribution in [1.82, 2.24) is 4.90 Å². The summed E-state index contributed by atoms with van der Waals surface area (Å²) in [4.78, 5) is 25.4. The predicted molar refractivity (Wildman–Crippen MR) is 79.7 cm³/mol. The van der Waals surface area contributed by atoms with Crippen LogP contribution in [0.2, 0.25) is 0 Å². The van der Waals surface area contributed by atoms with Gasteiger partial charge in [-0.25, -0.2) is 8.78 Å². The predicted octanol–water partition coefficient (Wildman–Crippen LogP) is 3.26. The number of piperidine rings is 1. The molecule has 1 N–H and O–H groups in total. The summed E-state index contributed by atoms with van der Waals surface area (Å²) in [6.45, 7) is 8.30. The zero-order valence-electron chi connectivity index (χ0n) is 14.0. The Balaban J connectivity index is 2.97. The molecule has 1 fully saturated rings. The molecule has 0 aromatic heterocycles. The highest BCUT2D eigenvalue weighted by Gasteiger charge is 2.50. The van der Waals surface area contributed by atoms with Gasteiger partial charge in [-0.2, -0.15) is 0 Å². The molecule has 0 aromatic rings. The van der Waals surface area contributed by atoms with Gasteiger partial charge in [0, 0.05) is 24.9 Å². The van der Waals surface area contributed by atoms with Crippen LogP contribution in [0.1, 0.15) is 47.5 Å². The Bertz CT molecular complexity index is 425. The van der Waals surface area contributed by atoms with Crippen LogP contribution in [0, 0.1) is 23.2 Å². The second-order valence-electron chi connectivity index (χ2n) is 7.42. The van der Waals surface area contributed by atoms with Crippen molar-refractivity contribution in [3.05, 3.63) is 0 Å². The number of alkyl halides is 2. The molecule has 1 amide bonds. The summed E-state index contributed by atoms with van der Waals surface area (Å²) < 4.78 is 27.8. The summed E-state index contributed by atoms with van der Waals surface area (Å²) in [5, 5.41) is 9.11. The normalized spacial score (nSPS) is 27.5. The van der Waals surface area contributed by atoms with Crippen molar-refractivity contribution in [2.45, 2.75) is 53.4 Å². The maximum absolute atomic E-state index is 13.9. The lowest BCUT2D eigenvalue weighted by Gasteiger charge is -2.44. The highest BCUT2D eigenvalue weighted by molar-refractivity contribution is 5.86. The lowest BCUT2D eigenvalue weighted by atomic mass is 9.76. The SMILES string of the molecule is CC(C)CC(C)(CC(=O)O)C(=O)N1CC(C)C(F)(F)C(C)C1. The Morgan fingerprint density at radius 2 is 1.73 bits per heavy atom. The Labute approximate surface area is 130 Å². The number of halogens is 2. The maximum Gasteiger partial charge on any atom is 0.304 e. The molecule has 0 aliphatic carbocycles. The number of hydrogen-bond donors (Lipinski definition) is 1. The van der Waals surface area contributed by atoms with Crippen LogP contribution in [0.4, 0.5) is 8.78 Å². The molecule has 1 aliphatic heterocycles. The van der Waals surface area contributed by atoms with Gasteiger partial charge in [0.2, 0.25) is 5.91 Å². The quantitative estimate of drug-likeness (QED) is 0.846. The average Bonchev–Trinajstić information content (AvgIpc) is 2.32. The number of aliphatic carboxylic acids is 1. The van der Waals surface area contributed by atoms with E-state index in [1.54, 1.807) is 6.92 Å². The van der Waals surface area contributed by atoms with Gasteiger partial charge in [0.15, 0.2) is 0 Å². The minimum absolute atomic E-state index is 0.0243. The summed E-state index contributed by atoms with van der Waals surface area (Å²) in [6, 6.07) is 0. The molecule has 1 heterocycles. The number of carboxylic acid groups (broad SMARTS) is 1. The minimum Gasteiger partial charge on any atom is -0.481 e. The zero-order chi connectivity index (χ0) is 17.3. The van der Waals surface area contributed by atoms with Crippen molar-refractivity contribution in [2.75, 3.05) is 13.1 Å². The topological polar surface area (TPSA) is 57.6 Å². The van der Waals surface area contributed by atoms with E-state index in [0.29, 0.717) is 6.42 Å². The van der Waals surface area contributed by atoms with E-state index in [4.69, 9.17) is 5.11 Å². The maximum atomic E-state index is 13.9. The molecule has 0 radical (unpaired) electrons. The van der Waals surface area contributed by atoms with Crippen molar-refractivity contribution in [3.63, 3.8) is 0 Å². The Kier molecular flexibility index (Phi) is 5.57. The number of carboxylic acids is 1. The number of nitrogens with zero attached hydrogens (tertiary/aromatic N) is 1. The summed E-state index contributed by atoms with van der Waals surface area (Å²) in [7, 11) is 0. The van der Waals surface area contributed by atoms with Crippen LogP contribution < -0.4 is 0 Å². The molecule has 128 valence electrons. The monoisotopic (exact) mass is 319 g/mol. The van der Waals surface area contributed by atoms with E-state index in [9.17, 15) is 18.4 Å². The van der Waals surface area contributed by atoms with E-state index in [1.807, 2.05) is 13.8 Å². The van der Waals surface area contributed by atoms with Crippen LogP contribution >= 0.6 is 0 Å². The lowest BCUT2D eigenvalue weighted by Crippen LogP contribution is -2.56. The first-order chi connectivity index (χ1) is 9.90. The molecule has 22 heavy (non-hydrogen) atoms. The van der Waals surface area contributed by atoms with Crippen LogP contribution in [-0.4, -0.2) is 40.9 Å². The molecule has 3 unspecified atom stereocenters. The molecule has 4 nitrogen and oxygen atoms in total. The van der Waals surface area contributed by atoms with Crippen molar-refractivity contribution in [3.8, 4) is 0 Å². The molecule has 0 spiro atoms. The first-order valence-corrected chi connectivity index (χ1v) is 7.79. The van der Waals surface area contributed by atoms with Gasteiger partial charge in [-0.05, 0) is 12.3 Å². The van der Waals surface area contributed by atoms with Crippen molar-refractivity contribution in [2.24, 2.45) is 23.2 Å². The van der Waals surface area contributed by atoms with Crippen LogP contribution in [-0.2, 0) is 9.59 Å². The molecule has 0 aromatic carbocycles. The highest BCUT2D eigenvalue weighted by atomic mass is 19.3. The smallest absolute Gasteiger partial charge is 0.304 e. The van der Waals surface area contributed by atoms with E-state index in [2.05, 4.69) is 0 Å². The van der Waals surface area contributed by atoms with Gasteiger partial charge >= 0.3 is 5.97 Å². The van der Waals surface area contributed by atoms with Crippen molar-refractivity contribution in [1.29, 1.82) is 0 Å². The third-order valence-corrected chi connectivity index (χ3v) is 4.51. The van der Waals surface area contributed by atoms with Crippen molar-refractivity contribution < 1.29 is 23.5 Å². The fourth-order valence-electron chi connectivity index (χ4n) is 3.48. The summed E-state index contributed by atoms with van der Waals surface area (Å²) >= 11 is 0.